The summed E-state index contributed by atoms with van der Waals surface area (Å²) in [5.74, 6) is -6.28. The van der Waals surface area contributed by atoms with Gasteiger partial charge in [0, 0.05) is 49.0 Å². The predicted octanol–water partition coefficient (Wildman–Crippen LogP) is 6.68. The molecule has 2 aromatic carbocycles. The Morgan fingerprint density at radius 3 is 1.46 bits per heavy atom. The van der Waals surface area contributed by atoms with Gasteiger partial charge in [0.2, 0.25) is 0 Å². The first-order chi connectivity index (χ1) is 27.9. The summed E-state index contributed by atoms with van der Waals surface area (Å²) in [5.41, 5.74) is -1.49. The highest BCUT2D eigenvalue weighted by Crippen LogP contribution is 2.37. The smallest absolute Gasteiger partial charge is 0.328 e. The quantitative estimate of drug-likeness (QED) is 0.0707. The van der Waals surface area contributed by atoms with Crippen molar-refractivity contribution in [2.75, 3.05) is 7.05 Å². The van der Waals surface area contributed by atoms with E-state index in [1.807, 2.05) is 0 Å². The van der Waals surface area contributed by atoms with Crippen molar-refractivity contribution in [3.63, 3.8) is 0 Å². The van der Waals surface area contributed by atoms with Gasteiger partial charge in [-0.3, -0.25) is 14.8 Å². The molecule has 0 aliphatic carbocycles. The van der Waals surface area contributed by atoms with Crippen LogP contribution in [0.15, 0.2) is 120 Å². The molecule has 0 aliphatic heterocycles. The first-order valence-corrected chi connectivity index (χ1v) is 19.8. The highest BCUT2D eigenvalue weighted by Gasteiger charge is 2.30. The van der Waals surface area contributed by atoms with Crippen LogP contribution in [0.2, 0.25) is 10.3 Å². The fraction of sp³-hybridized carbons (Fsp3) is 0.0541. The summed E-state index contributed by atoms with van der Waals surface area (Å²) in [6.45, 7) is 0.220. The van der Waals surface area contributed by atoms with E-state index in [-0.39, 0.29) is 32.7 Å². The summed E-state index contributed by atoms with van der Waals surface area (Å²) >= 11 is 12.3. The number of pyridine rings is 2. The molecule has 6 rings (SSSR count). The second-order valence-corrected chi connectivity index (χ2v) is 15.7. The van der Waals surface area contributed by atoms with E-state index < -0.39 is 77.2 Å². The minimum Gasteiger partial charge on any atom is -0.478 e. The van der Waals surface area contributed by atoms with Crippen LogP contribution < -0.4 is 5.32 Å². The molecule has 0 unspecified atom stereocenters. The van der Waals surface area contributed by atoms with Gasteiger partial charge in [0.05, 0.1) is 28.1 Å². The molecule has 0 spiro atoms. The average molecular weight is 897 g/mol. The van der Waals surface area contributed by atoms with Crippen molar-refractivity contribution < 1.29 is 59.0 Å². The molecule has 59 heavy (non-hydrogen) atoms. The van der Waals surface area contributed by atoms with Gasteiger partial charge in [-0.2, -0.15) is 0 Å². The van der Waals surface area contributed by atoms with E-state index >= 15 is 0 Å². The zero-order valence-corrected chi connectivity index (χ0v) is 32.9. The third kappa shape index (κ3) is 10.3. The maximum Gasteiger partial charge on any atom is 0.328 e. The number of rotatable bonds is 11. The van der Waals surface area contributed by atoms with Crippen LogP contribution >= 0.6 is 23.2 Å². The van der Waals surface area contributed by atoms with Crippen LogP contribution in [0.3, 0.4) is 0 Å². The Balaban J connectivity index is 0.000000221. The summed E-state index contributed by atoms with van der Waals surface area (Å²) in [6.07, 6.45) is 6.41. The van der Waals surface area contributed by atoms with Crippen molar-refractivity contribution in [2.45, 2.75) is 16.3 Å². The lowest BCUT2D eigenvalue weighted by Gasteiger charge is -2.13. The van der Waals surface area contributed by atoms with Crippen molar-refractivity contribution >= 4 is 61.5 Å². The van der Waals surface area contributed by atoms with E-state index in [1.165, 1.54) is 48.8 Å². The zero-order chi connectivity index (χ0) is 43.7. The Kier molecular flexibility index (Phi) is 15.0. The summed E-state index contributed by atoms with van der Waals surface area (Å²) in [4.78, 5) is 37.4. The first-order valence-electron chi connectivity index (χ1n) is 16.1. The van der Waals surface area contributed by atoms with Crippen LogP contribution in [0, 0.1) is 23.3 Å². The van der Waals surface area contributed by atoms with Gasteiger partial charge < -0.3 is 15.5 Å². The number of hydrogen-bond acceptors (Lipinski definition) is 10. The van der Waals surface area contributed by atoms with Crippen LogP contribution in [0.1, 0.15) is 15.9 Å². The number of carboxylic acid groups (broad SMARTS) is 2. The molecular weight excluding hydrogens is 869 g/mol. The molecule has 4 aromatic heterocycles. The molecule has 0 saturated carbocycles. The molecule has 0 aliphatic rings. The van der Waals surface area contributed by atoms with Crippen molar-refractivity contribution in [1.82, 2.24) is 23.2 Å². The molecule has 6 aromatic rings. The number of carboxylic acids is 2. The number of aromatic nitrogens is 4. The Hall–Kier alpha value is -6.19. The highest BCUT2D eigenvalue weighted by atomic mass is 35.5. The van der Waals surface area contributed by atoms with Crippen molar-refractivity contribution in [3.8, 4) is 22.5 Å². The molecular formula is C37H27Cl2F4N5O9S2. The van der Waals surface area contributed by atoms with Gasteiger partial charge in [0.1, 0.15) is 43.4 Å². The van der Waals surface area contributed by atoms with E-state index in [2.05, 4.69) is 15.3 Å². The van der Waals surface area contributed by atoms with Crippen molar-refractivity contribution in [1.29, 1.82) is 0 Å². The lowest BCUT2D eigenvalue weighted by molar-refractivity contribution is -0.134. The monoisotopic (exact) mass is 895 g/mol. The minimum atomic E-state index is -4.34. The molecule has 0 amide bonds. The lowest BCUT2D eigenvalue weighted by Crippen LogP contribution is -2.15. The second-order valence-electron chi connectivity index (χ2n) is 11.4. The summed E-state index contributed by atoms with van der Waals surface area (Å²) in [6, 6.07) is 14.2. The third-order valence-corrected chi connectivity index (χ3v) is 11.9. The van der Waals surface area contributed by atoms with Gasteiger partial charge in [0.15, 0.2) is 6.29 Å². The van der Waals surface area contributed by atoms with E-state index in [0.29, 0.717) is 28.0 Å². The van der Waals surface area contributed by atoms with Gasteiger partial charge in [-0.15, -0.1) is 0 Å². The van der Waals surface area contributed by atoms with Gasteiger partial charge in [-0.1, -0.05) is 35.3 Å². The number of aliphatic carboxylic acids is 2. The number of hydrogen-bond donors (Lipinski definition) is 3. The molecule has 0 radical (unpaired) electrons. The largest absolute Gasteiger partial charge is 0.478 e. The molecule has 308 valence electrons. The zero-order valence-electron chi connectivity index (χ0n) is 29.8. The summed E-state index contributed by atoms with van der Waals surface area (Å²) < 4.78 is 110. The Bertz CT molecular complexity index is 2710. The first kappa shape index (κ1) is 45.5. The normalized spacial score (nSPS) is 11.3. The van der Waals surface area contributed by atoms with Crippen LogP contribution in [0.25, 0.3) is 22.5 Å². The van der Waals surface area contributed by atoms with Crippen LogP contribution in [-0.2, 0) is 36.2 Å². The number of benzene rings is 2. The number of nitrogens with zero attached hydrogens (tertiary/aromatic N) is 4. The Labute approximate surface area is 342 Å². The maximum atomic E-state index is 14.3. The molecule has 22 heteroatoms. The van der Waals surface area contributed by atoms with Gasteiger partial charge in [-0.05, 0) is 67.7 Å². The molecule has 0 atom stereocenters. The molecule has 0 bridgehead atoms. The van der Waals surface area contributed by atoms with E-state index in [0.717, 1.165) is 52.8 Å². The number of aldehydes is 1. The average Bonchev–Trinajstić information content (AvgIpc) is 3.71. The number of halogens is 6. The summed E-state index contributed by atoms with van der Waals surface area (Å²) in [7, 11) is -6.91. The fourth-order valence-corrected chi connectivity index (χ4v) is 8.77. The second kappa shape index (κ2) is 19.5. The molecule has 0 saturated heterocycles. The molecule has 4 heterocycles. The standard InChI is InChI=1S/C17H14ClF2N3O2S.C16H9ClF2N2O3S.C4H4O4/c1-21-9-11-8-15(16-13(19)5-2-6-14(16)20)23(17(11)18)26(24,25)12-4-3-7-22-10-12;17-16-10(9-22)7-14(15-12(18)4-1-5-13(15)19)21(16)25(23,24)11-3-2-6-20-8-11;5-3(6)1-2-4(7)8/h2-8,10,21H,9H2,1H3;1-9H;1-2H,(H,5,6)(H,7,8)/b;;2-1+. The number of carbonyl (C=O) groups excluding carboxylic acids is 1. The number of carbonyl (C=O) groups is 3. The minimum absolute atomic E-state index is 0.147. The molecule has 3 N–H and O–H groups in total. The van der Waals surface area contributed by atoms with E-state index in [1.54, 1.807) is 7.05 Å². The predicted molar refractivity (Wildman–Crippen MR) is 206 cm³/mol. The Morgan fingerprint density at radius 1 is 0.695 bits per heavy atom. The highest BCUT2D eigenvalue weighted by molar-refractivity contribution is 7.90. The topological polar surface area (TPSA) is 208 Å². The van der Waals surface area contributed by atoms with Gasteiger partial charge in [0.25, 0.3) is 20.0 Å². The van der Waals surface area contributed by atoms with E-state index in [9.17, 15) is 48.8 Å². The van der Waals surface area contributed by atoms with Crippen molar-refractivity contribution in [3.05, 3.63) is 154 Å². The lowest BCUT2D eigenvalue weighted by atomic mass is 10.1. The molecule has 0 fully saturated rings. The van der Waals surface area contributed by atoms with Crippen molar-refractivity contribution in [2.24, 2.45) is 0 Å². The van der Waals surface area contributed by atoms with E-state index in [4.69, 9.17) is 33.4 Å². The number of nitrogens with one attached hydrogen (secondary N) is 1. The van der Waals surface area contributed by atoms with Crippen LogP contribution in [0.4, 0.5) is 17.6 Å². The molecule has 14 nitrogen and oxygen atoms in total. The maximum absolute atomic E-state index is 14.3. The fourth-order valence-electron chi connectivity index (χ4n) is 5.06. The van der Waals surface area contributed by atoms with Crippen LogP contribution in [0.5, 0.6) is 0 Å². The van der Waals surface area contributed by atoms with Gasteiger partial charge in [-0.25, -0.2) is 51.9 Å². The van der Waals surface area contributed by atoms with Crippen LogP contribution in [-0.4, -0.2) is 70.2 Å². The summed E-state index contributed by atoms with van der Waals surface area (Å²) in [5, 5.41) is 17.8. The third-order valence-electron chi connectivity index (χ3n) is 7.55. The Morgan fingerprint density at radius 2 is 1.10 bits per heavy atom. The SMILES string of the molecule is CNCc1cc(-c2c(F)cccc2F)n(S(=O)(=O)c2cccnc2)c1Cl.O=C(O)/C=C/C(=O)O.O=Cc1cc(-c2c(F)cccc2F)n(S(=O)(=O)c2cccnc2)c1Cl. The van der Waals surface area contributed by atoms with Gasteiger partial charge >= 0.3 is 11.9 Å².